The Kier molecular flexibility index (Phi) is 9.48. The molecule has 1 saturated carbocycles. The minimum Gasteiger partial charge on any atom is -0.352 e. The number of halogens is 2. The summed E-state index contributed by atoms with van der Waals surface area (Å²) >= 11 is 6.35. The molecular weight excluding hydrogens is 553 g/mol. The van der Waals surface area contributed by atoms with Gasteiger partial charge in [-0.1, -0.05) is 60.8 Å². The summed E-state index contributed by atoms with van der Waals surface area (Å²) in [5, 5.41) is 3.37. The monoisotopic (exact) mass is 585 g/mol. The van der Waals surface area contributed by atoms with Gasteiger partial charge in [0.05, 0.1) is 10.6 Å². The van der Waals surface area contributed by atoms with Crippen LogP contribution in [0.15, 0.2) is 77.7 Å². The normalized spacial score (nSPS) is 14.5. The van der Waals surface area contributed by atoms with E-state index in [2.05, 4.69) is 5.32 Å². The summed E-state index contributed by atoms with van der Waals surface area (Å²) < 4.78 is 42.2. The Bertz CT molecular complexity index is 1450. The number of benzene rings is 3. The summed E-state index contributed by atoms with van der Waals surface area (Å²) in [6, 6.07) is 17.4. The van der Waals surface area contributed by atoms with Gasteiger partial charge in [-0.25, -0.2) is 12.8 Å². The molecule has 1 aliphatic carbocycles. The molecule has 1 atom stereocenters. The number of amides is 2. The first-order valence-electron chi connectivity index (χ1n) is 13.2. The first-order chi connectivity index (χ1) is 19.1. The van der Waals surface area contributed by atoms with Crippen molar-refractivity contribution in [3.05, 3.63) is 94.8 Å². The lowest BCUT2D eigenvalue weighted by Gasteiger charge is -2.32. The summed E-state index contributed by atoms with van der Waals surface area (Å²) in [5.74, 6) is -1.34. The lowest BCUT2D eigenvalue weighted by molar-refractivity contribution is -0.139. The molecule has 4 rings (SSSR count). The Morgan fingerprint density at radius 1 is 1.02 bits per heavy atom. The van der Waals surface area contributed by atoms with Crippen LogP contribution < -0.4 is 9.62 Å². The summed E-state index contributed by atoms with van der Waals surface area (Å²) in [7, 11) is -4.18. The molecule has 0 heterocycles. The van der Waals surface area contributed by atoms with Gasteiger partial charge in [0, 0.05) is 17.6 Å². The highest BCUT2D eigenvalue weighted by Crippen LogP contribution is 2.28. The Labute approximate surface area is 240 Å². The van der Waals surface area contributed by atoms with Crippen LogP contribution in [0.2, 0.25) is 5.02 Å². The lowest BCUT2D eigenvalue weighted by atomic mass is 10.1. The third-order valence-corrected chi connectivity index (χ3v) is 9.38. The highest BCUT2D eigenvalue weighted by atomic mass is 35.5. The number of carbonyl (C=O) groups excluding carboxylic acids is 2. The van der Waals surface area contributed by atoms with Crippen molar-refractivity contribution in [2.24, 2.45) is 0 Å². The van der Waals surface area contributed by atoms with Gasteiger partial charge in [-0.15, -0.1) is 0 Å². The van der Waals surface area contributed by atoms with Crippen molar-refractivity contribution in [1.82, 2.24) is 10.2 Å². The molecule has 1 fully saturated rings. The first kappa shape index (κ1) is 29.6. The Morgan fingerprint density at radius 2 is 1.68 bits per heavy atom. The second-order valence-corrected chi connectivity index (χ2v) is 12.3. The second kappa shape index (κ2) is 12.8. The third-order valence-electron chi connectivity index (χ3n) is 7.19. The lowest BCUT2D eigenvalue weighted by Crippen LogP contribution is -2.52. The fourth-order valence-electron chi connectivity index (χ4n) is 4.75. The molecule has 1 N–H and O–H groups in total. The number of sulfonamides is 1. The van der Waals surface area contributed by atoms with Crippen LogP contribution in [0.1, 0.15) is 43.7 Å². The van der Waals surface area contributed by atoms with E-state index in [0.29, 0.717) is 10.6 Å². The molecule has 10 heteroatoms. The van der Waals surface area contributed by atoms with Crippen molar-refractivity contribution in [3.63, 3.8) is 0 Å². The highest BCUT2D eigenvalue weighted by Gasteiger charge is 2.33. The molecule has 1 unspecified atom stereocenters. The van der Waals surface area contributed by atoms with Crippen molar-refractivity contribution >= 4 is 39.1 Å². The summed E-state index contributed by atoms with van der Waals surface area (Å²) in [5.41, 5.74) is 1.58. The number of anilines is 1. The largest absolute Gasteiger partial charge is 0.352 e. The average Bonchev–Trinajstić information content (AvgIpc) is 3.46. The summed E-state index contributed by atoms with van der Waals surface area (Å²) in [4.78, 5) is 28.5. The Hall–Kier alpha value is -3.43. The molecule has 0 spiro atoms. The third kappa shape index (κ3) is 7.01. The minimum atomic E-state index is -4.18. The van der Waals surface area contributed by atoms with Crippen molar-refractivity contribution in [3.8, 4) is 0 Å². The number of carbonyl (C=O) groups is 2. The van der Waals surface area contributed by atoms with E-state index in [-0.39, 0.29) is 29.1 Å². The molecule has 2 amide bonds. The fourth-order valence-corrected chi connectivity index (χ4v) is 6.35. The maximum atomic E-state index is 13.9. The van der Waals surface area contributed by atoms with Gasteiger partial charge < -0.3 is 10.2 Å². The van der Waals surface area contributed by atoms with E-state index in [4.69, 9.17) is 11.6 Å². The summed E-state index contributed by atoms with van der Waals surface area (Å²) in [6.45, 7) is 2.83. The minimum absolute atomic E-state index is 0.00769. The van der Waals surface area contributed by atoms with Gasteiger partial charge in [0.1, 0.15) is 18.4 Å². The zero-order valence-corrected chi connectivity index (χ0v) is 24.1. The number of nitrogens with one attached hydrogen (secondary N) is 1. The molecule has 7 nitrogen and oxygen atoms in total. The van der Waals surface area contributed by atoms with E-state index in [1.807, 2.05) is 0 Å². The SMILES string of the molecule is Cc1ccc(N(CC(=O)N(Cc2ccc(F)cc2)C(C)C(=O)NC2CCCC2)S(=O)(=O)c2ccccc2)cc1Cl. The van der Waals surface area contributed by atoms with Crippen molar-refractivity contribution in [2.45, 2.75) is 63.1 Å². The molecule has 0 aliphatic heterocycles. The maximum absolute atomic E-state index is 13.9. The molecule has 212 valence electrons. The van der Waals surface area contributed by atoms with E-state index in [9.17, 15) is 22.4 Å². The molecule has 1 aliphatic rings. The van der Waals surface area contributed by atoms with Gasteiger partial charge in [-0.2, -0.15) is 0 Å². The van der Waals surface area contributed by atoms with E-state index < -0.39 is 34.3 Å². The fraction of sp³-hybridized carbons (Fsp3) is 0.333. The van der Waals surface area contributed by atoms with Gasteiger partial charge in [0.25, 0.3) is 10.0 Å². The Morgan fingerprint density at radius 3 is 2.30 bits per heavy atom. The average molecular weight is 586 g/mol. The molecule has 0 bridgehead atoms. The van der Waals surface area contributed by atoms with Crippen LogP contribution in [-0.4, -0.2) is 43.8 Å². The highest BCUT2D eigenvalue weighted by molar-refractivity contribution is 7.92. The topological polar surface area (TPSA) is 86.8 Å². The van der Waals surface area contributed by atoms with Crippen LogP contribution in [0.25, 0.3) is 0 Å². The Balaban J connectivity index is 1.69. The van der Waals surface area contributed by atoms with Gasteiger partial charge >= 0.3 is 0 Å². The van der Waals surface area contributed by atoms with Crippen LogP contribution >= 0.6 is 11.6 Å². The van der Waals surface area contributed by atoms with Crippen molar-refractivity contribution < 1.29 is 22.4 Å². The zero-order chi connectivity index (χ0) is 28.9. The van der Waals surface area contributed by atoms with Crippen LogP contribution in [0.3, 0.4) is 0 Å². The first-order valence-corrected chi connectivity index (χ1v) is 15.1. The van der Waals surface area contributed by atoms with Gasteiger partial charge in [0.15, 0.2) is 0 Å². The standard InChI is InChI=1S/C30H33ClFN3O4S/c1-21-12-17-26(18-28(21)31)35(40(38,39)27-10-4-3-5-11-27)20-29(36)34(19-23-13-15-24(32)16-14-23)22(2)30(37)33-25-8-6-7-9-25/h3-5,10-18,22,25H,6-9,19-20H2,1-2H3,(H,33,37). The molecule has 3 aromatic rings. The zero-order valence-electron chi connectivity index (χ0n) is 22.5. The molecule has 40 heavy (non-hydrogen) atoms. The number of hydrogen-bond donors (Lipinski definition) is 1. The van der Waals surface area contributed by atoms with Crippen LogP contribution in [0.4, 0.5) is 10.1 Å². The number of nitrogens with zero attached hydrogens (tertiary/aromatic N) is 2. The van der Waals surface area contributed by atoms with E-state index in [0.717, 1.165) is 35.6 Å². The quantitative estimate of drug-likeness (QED) is 0.342. The van der Waals surface area contributed by atoms with E-state index in [1.165, 1.54) is 47.4 Å². The van der Waals surface area contributed by atoms with Crippen molar-refractivity contribution in [1.29, 1.82) is 0 Å². The predicted molar refractivity (Wildman–Crippen MR) is 154 cm³/mol. The molecule has 0 radical (unpaired) electrons. The molecule has 0 saturated heterocycles. The van der Waals surface area contributed by atoms with Gasteiger partial charge in [-0.3, -0.25) is 13.9 Å². The maximum Gasteiger partial charge on any atom is 0.264 e. The summed E-state index contributed by atoms with van der Waals surface area (Å²) in [6.07, 6.45) is 3.81. The molecule has 3 aromatic carbocycles. The molecule has 0 aromatic heterocycles. The van der Waals surface area contributed by atoms with Crippen LogP contribution in [0.5, 0.6) is 0 Å². The van der Waals surface area contributed by atoms with E-state index >= 15 is 0 Å². The molecular formula is C30H33ClFN3O4S. The smallest absolute Gasteiger partial charge is 0.264 e. The van der Waals surface area contributed by atoms with Gasteiger partial charge in [0.2, 0.25) is 11.8 Å². The van der Waals surface area contributed by atoms with Gasteiger partial charge in [-0.05, 0) is 74.2 Å². The number of hydrogen-bond acceptors (Lipinski definition) is 4. The second-order valence-electron chi connectivity index (χ2n) is 10.1. The number of rotatable bonds is 10. The number of aryl methyl sites for hydroxylation is 1. The van der Waals surface area contributed by atoms with Crippen LogP contribution in [0, 0.1) is 12.7 Å². The van der Waals surface area contributed by atoms with Crippen LogP contribution in [-0.2, 0) is 26.2 Å². The van der Waals surface area contributed by atoms with Crippen molar-refractivity contribution in [2.75, 3.05) is 10.8 Å². The predicted octanol–water partition coefficient (Wildman–Crippen LogP) is 5.46. The van der Waals surface area contributed by atoms with E-state index in [1.54, 1.807) is 44.2 Å².